The molecule has 0 aliphatic heterocycles. The van der Waals surface area contributed by atoms with E-state index in [1.54, 1.807) is 6.08 Å². The van der Waals surface area contributed by atoms with E-state index in [0.29, 0.717) is 0 Å². The highest BCUT2D eigenvalue weighted by Gasteiger charge is 2.07. The zero-order chi connectivity index (χ0) is 10.8. The van der Waals surface area contributed by atoms with Gasteiger partial charge in [0.1, 0.15) is 22.8 Å². The van der Waals surface area contributed by atoms with E-state index in [1.165, 1.54) is 0 Å². The van der Waals surface area contributed by atoms with Crippen molar-refractivity contribution in [3.05, 3.63) is 27.9 Å². The minimum Gasteiger partial charge on any atom is -0.390 e. The highest BCUT2D eigenvalue weighted by atomic mass is 79.9. The van der Waals surface area contributed by atoms with Crippen molar-refractivity contribution >= 4 is 44.8 Å². The summed E-state index contributed by atoms with van der Waals surface area (Å²) in [5.74, 6) is 0. The minimum atomic E-state index is 0.159. The van der Waals surface area contributed by atoms with Gasteiger partial charge in [0.2, 0.25) is 0 Å². The lowest BCUT2D eigenvalue weighted by Gasteiger charge is -1.96. The maximum absolute atomic E-state index is 8.59. The van der Waals surface area contributed by atoms with Crippen LogP contribution in [0.15, 0.2) is 22.3 Å². The topological polar surface area (TPSA) is 75.6 Å². The smallest absolute Gasteiger partial charge is 0.119 e. The van der Waals surface area contributed by atoms with Crippen molar-refractivity contribution in [1.82, 2.24) is 8.75 Å². The van der Waals surface area contributed by atoms with Gasteiger partial charge in [0.25, 0.3) is 0 Å². The number of allylic oxidation sites excluding steroid dienone is 1. The molecule has 0 aliphatic carbocycles. The molecule has 0 bridgehead atoms. The molecule has 0 amide bonds. The Morgan fingerprint density at radius 3 is 2.93 bits per heavy atom. The Labute approximate surface area is 98.5 Å². The van der Waals surface area contributed by atoms with Gasteiger partial charge < -0.3 is 5.73 Å². The van der Waals surface area contributed by atoms with Crippen molar-refractivity contribution < 1.29 is 0 Å². The van der Waals surface area contributed by atoms with E-state index >= 15 is 0 Å². The lowest BCUT2D eigenvalue weighted by molar-refractivity contribution is 1.41. The minimum absolute atomic E-state index is 0.159. The highest BCUT2D eigenvalue weighted by molar-refractivity contribution is 9.10. The van der Waals surface area contributed by atoms with E-state index in [2.05, 4.69) is 24.7 Å². The summed E-state index contributed by atoms with van der Waals surface area (Å²) in [6.45, 7) is 0. The lowest BCUT2D eigenvalue weighted by Crippen LogP contribution is -1.92. The van der Waals surface area contributed by atoms with Crippen molar-refractivity contribution in [2.45, 2.75) is 0 Å². The summed E-state index contributed by atoms with van der Waals surface area (Å²) in [4.78, 5) is 0. The van der Waals surface area contributed by atoms with Crippen LogP contribution in [0.4, 0.5) is 0 Å². The average Bonchev–Trinajstić information content (AvgIpc) is 2.71. The van der Waals surface area contributed by atoms with Gasteiger partial charge in [0, 0.05) is 10.0 Å². The molecule has 1 aromatic carbocycles. The molecule has 4 nitrogen and oxygen atoms in total. The van der Waals surface area contributed by atoms with Crippen LogP contribution in [0.3, 0.4) is 0 Å². The quantitative estimate of drug-likeness (QED) is 0.813. The maximum Gasteiger partial charge on any atom is 0.119 e. The Morgan fingerprint density at radius 2 is 2.20 bits per heavy atom. The second-order valence-corrected chi connectivity index (χ2v) is 4.19. The summed E-state index contributed by atoms with van der Waals surface area (Å²) in [7, 11) is 0. The fourth-order valence-corrected chi connectivity index (χ4v) is 2.28. The van der Waals surface area contributed by atoms with Crippen LogP contribution in [0.2, 0.25) is 0 Å². The molecule has 0 radical (unpaired) electrons. The number of rotatable bonds is 1. The van der Waals surface area contributed by atoms with Crippen LogP contribution in [0.25, 0.3) is 17.1 Å². The van der Waals surface area contributed by atoms with E-state index < -0.39 is 0 Å². The number of hydrogen-bond donors (Lipinski definition) is 1. The molecule has 2 N–H and O–H groups in total. The summed E-state index contributed by atoms with van der Waals surface area (Å²) in [6.07, 6.45) is 1.59. The third kappa shape index (κ3) is 1.84. The van der Waals surface area contributed by atoms with Gasteiger partial charge in [-0.1, -0.05) is 6.07 Å². The van der Waals surface area contributed by atoms with Gasteiger partial charge in [0.15, 0.2) is 0 Å². The molecule has 0 atom stereocenters. The number of nitrogens with zero attached hydrogens (tertiary/aromatic N) is 3. The van der Waals surface area contributed by atoms with Gasteiger partial charge in [-0.15, -0.1) is 0 Å². The molecule has 1 heterocycles. The molecule has 0 aliphatic rings. The number of halogens is 1. The second-order valence-electron chi connectivity index (χ2n) is 2.81. The molecule has 2 aromatic rings. The Hall–Kier alpha value is -1.45. The fourth-order valence-electron chi connectivity index (χ4n) is 1.17. The monoisotopic (exact) mass is 280 g/mol. The first-order chi connectivity index (χ1) is 7.22. The van der Waals surface area contributed by atoms with Crippen LogP contribution >= 0.6 is 27.7 Å². The summed E-state index contributed by atoms with van der Waals surface area (Å²) >= 11 is 4.51. The van der Waals surface area contributed by atoms with Crippen LogP contribution in [0, 0.1) is 11.3 Å². The van der Waals surface area contributed by atoms with E-state index in [9.17, 15) is 0 Å². The molecule has 1 aromatic heterocycles. The fraction of sp³-hybridized carbons (Fsp3) is 0. The number of hydrogen-bond acceptors (Lipinski definition) is 5. The predicted molar refractivity (Wildman–Crippen MR) is 62.9 cm³/mol. The van der Waals surface area contributed by atoms with Crippen molar-refractivity contribution in [1.29, 1.82) is 5.26 Å². The summed E-state index contributed by atoms with van der Waals surface area (Å²) in [5, 5.41) is 8.59. The molecule has 0 unspecified atom stereocenters. The van der Waals surface area contributed by atoms with Crippen LogP contribution in [0.1, 0.15) is 5.56 Å². The first kappa shape index (κ1) is 10.1. The molecule has 0 saturated carbocycles. The first-order valence-corrected chi connectivity index (χ1v) is 5.52. The van der Waals surface area contributed by atoms with Crippen LogP contribution in [-0.2, 0) is 0 Å². The molecule has 74 valence electrons. The average molecular weight is 281 g/mol. The van der Waals surface area contributed by atoms with Gasteiger partial charge in [-0.05, 0) is 28.1 Å². The molecule has 15 heavy (non-hydrogen) atoms. The molecule has 0 spiro atoms. The Kier molecular flexibility index (Phi) is 2.66. The SMILES string of the molecule is N#C/C(N)=C\c1ccc(Br)c2nsnc12. The zero-order valence-electron chi connectivity index (χ0n) is 7.44. The van der Waals surface area contributed by atoms with Gasteiger partial charge in [-0.3, -0.25) is 0 Å². The van der Waals surface area contributed by atoms with Crippen molar-refractivity contribution in [2.75, 3.05) is 0 Å². The highest BCUT2D eigenvalue weighted by Crippen LogP contribution is 2.26. The standard InChI is InChI=1S/C9H5BrN4S/c10-7-2-1-5(3-6(12)4-11)8-9(7)14-15-13-8/h1-3H,12H2/b6-3+. The van der Waals surface area contributed by atoms with Crippen LogP contribution < -0.4 is 5.73 Å². The van der Waals surface area contributed by atoms with E-state index in [-0.39, 0.29) is 5.70 Å². The van der Waals surface area contributed by atoms with Crippen molar-refractivity contribution in [2.24, 2.45) is 5.73 Å². The molecule has 6 heteroatoms. The molecular weight excluding hydrogens is 276 g/mol. The molecular formula is C9H5BrN4S. The van der Waals surface area contributed by atoms with Crippen LogP contribution in [-0.4, -0.2) is 8.75 Å². The van der Waals surface area contributed by atoms with E-state index in [4.69, 9.17) is 11.0 Å². The summed E-state index contributed by atoms with van der Waals surface area (Å²) < 4.78 is 9.19. The van der Waals surface area contributed by atoms with Crippen molar-refractivity contribution in [3.63, 3.8) is 0 Å². The molecule has 0 saturated heterocycles. The number of fused-ring (bicyclic) bond motifs is 1. The maximum atomic E-state index is 8.59. The molecule has 2 rings (SSSR count). The Morgan fingerprint density at radius 1 is 1.47 bits per heavy atom. The number of benzene rings is 1. The van der Waals surface area contributed by atoms with Gasteiger partial charge in [-0.2, -0.15) is 14.0 Å². The van der Waals surface area contributed by atoms with Gasteiger partial charge >= 0.3 is 0 Å². The number of nitrogens with two attached hydrogens (primary N) is 1. The summed E-state index contributed by atoms with van der Waals surface area (Å²) in [5.41, 5.74) is 7.96. The second kappa shape index (κ2) is 3.96. The molecule has 0 fully saturated rings. The normalized spacial score (nSPS) is 11.6. The zero-order valence-corrected chi connectivity index (χ0v) is 9.84. The van der Waals surface area contributed by atoms with E-state index in [0.717, 1.165) is 32.8 Å². The number of nitriles is 1. The summed E-state index contributed by atoms with van der Waals surface area (Å²) in [6, 6.07) is 5.57. The Balaban J connectivity index is 2.69. The largest absolute Gasteiger partial charge is 0.390 e. The predicted octanol–water partition coefficient (Wildman–Crippen LogP) is 2.28. The first-order valence-electron chi connectivity index (χ1n) is 4.00. The van der Waals surface area contributed by atoms with Gasteiger partial charge in [-0.25, -0.2) is 0 Å². The third-order valence-corrected chi connectivity index (χ3v) is 3.01. The van der Waals surface area contributed by atoms with Crippen molar-refractivity contribution in [3.8, 4) is 6.07 Å². The third-order valence-electron chi connectivity index (χ3n) is 1.84. The van der Waals surface area contributed by atoms with Crippen LogP contribution in [0.5, 0.6) is 0 Å². The Bertz CT molecular complexity index is 581. The lowest BCUT2D eigenvalue weighted by atomic mass is 10.1. The van der Waals surface area contributed by atoms with Gasteiger partial charge in [0.05, 0.1) is 11.7 Å². The van der Waals surface area contributed by atoms with E-state index in [1.807, 2.05) is 18.2 Å². The number of aromatic nitrogens is 2.